The second kappa shape index (κ2) is 10.8. The van der Waals surface area contributed by atoms with Gasteiger partial charge in [-0.3, -0.25) is 19.2 Å². The highest BCUT2D eigenvalue weighted by Crippen LogP contribution is 2.68. The molecule has 0 aromatic heterocycles. The zero-order valence-corrected chi connectivity index (χ0v) is 24.0. The lowest BCUT2D eigenvalue weighted by atomic mass is 9.55. The molecule has 1 spiro atoms. The van der Waals surface area contributed by atoms with Gasteiger partial charge in [0.15, 0.2) is 5.78 Å². The first-order chi connectivity index (χ1) is 19.5. The van der Waals surface area contributed by atoms with Crippen molar-refractivity contribution in [3.63, 3.8) is 0 Å². The largest absolute Gasteiger partial charge is 0.347 e. The molecule has 4 N–H and O–H groups in total. The maximum absolute atomic E-state index is 14.1. The molecule has 2 aromatic carbocycles. The van der Waals surface area contributed by atoms with Crippen molar-refractivity contribution in [2.75, 3.05) is 5.32 Å². The van der Waals surface area contributed by atoms with E-state index in [1.54, 1.807) is 31.2 Å². The van der Waals surface area contributed by atoms with Crippen LogP contribution in [-0.2, 0) is 24.6 Å². The van der Waals surface area contributed by atoms with Gasteiger partial charge in [-0.25, -0.2) is 4.79 Å². The van der Waals surface area contributed by atoms with Gasteiger partial charge in [0.1, 0.15) is 0 Å². The van der Waals surface area contributed by atoms with Crippen LogP contribution in [0.4, 0.5) is 10.5 Å². The lowest BCUT2D eigenvalue weighted by molar-refractivity contribution is -0.147. The maximum Gasteiger partial charge on any atom is 0.319 e. The first-order valence-corrected chi connectivity index (χ1v) is 14.4. The van der Waals surface area contributed by atoms with E-state index in [2.05, 4.69) is 21.3 Å². The summed E-state index contributed by atoms with van der Waals surface area (Å²) in [5.74, 6) is -3.43. The summed E-state index contributed by atoms with van der Waals surface area (Å²) in [6, 6.07) is 14.4. The summed E-state index contributed by atoms with van der Waals surface area (Å²) in [5, 5.41) is 11.1. The van der Waals surface area contributed by atoms with Gasteiger partial charge in [-0.05, 0) is 54.4 Å². The first-order valence-electron chi connectivity index (χ1n) is 14.4. The molecule has 0 saturated heterocycles. The minimum absolute atomic E-state index is 0.0263. The van der Waals surface area contributed by atoms with Crippen LogP contribution in [0, 0.1) is 17.3 Å². The molecule has 2 aromatic rings. The molecular weight excluding hydrogens is 520 g/mol. The van der Waals surface area contributed by atoms with Crippen LogP contribution in [0.3, 0.4) is 0 Å². The molecule has 2 fully saturated rings. The fourth-order valence-electron chi connectivity index (χ4n) is 6.17. The van der Waals surface area contributed by atoms with Crippen LogP contribution in [0.5, 0.6) is 0 Å². The highest BCUT2D eigenvalue weighted by Gasteiger charge is 2.70. The molecule has 216 valence electrons. The summed E-state index contributed by atoms with van der Waals surface area (Å²) in [6.45, 7) is 7.36. The fraction of sp³-hybridized carbons (Fsp3) is 0.469. The van der Waals surface area contributed by atoms with Crippen molar-refractivity contribution in [2.45, 2.75) is 76.9 Å². The number of rotatable bonds is 10. The Morgan fingerprint density at radius 3 is 2.07 bits per heavy atom. The van der Waals surface area contributed by atoms with Gasteiger partial charge in [-0.2, -0.15) is 0 Å². The van der Waals surface area contributed by atoms with Crippen LogP contribution >= 0.6 is 0 Å². The minimum Gasteiger partial charge on any atom is -0.347 e. The van der Waals surface area contributed by atoms with Gasteiger partial charge < -0.3 is 21.3 Å². The van der Waals surface area contributed by atoms with E-state index in [0.29, 0.717) is 12.1 Å². The molecule has 2 saturated carbocycles. The topological polar surface area (TPSA) is 133 Å². The third-order valence-corrected chi connectivity index (χ3v) is 8.58. The van der Waals surface area contributed by atoms with Crippen molar-refractivity contribution < 1.29 is 24.0 Å². The molecule has 9 nitrogen and oxygen atoms in total. The second-order valence-corrected chi connectivity index (χ2v) is 12.6. The second-order valence-electron chi connectivity index (χ2n) is 12.6. The number of anilines is 1. The number of amides is 4. The molecule has 9 heteroatoms. The number of hydrogen-bond acceptors (Lipinski definition) is 5. The third-order valence-electron chi connectivity index (χ3n) is 8.58. The lowest BCUT2D eigenvalue weighted by Gasteiger charge is -2.47. The Balaban J connectivity index is 1.35. The van der Waals surface area contributed by atoms with Crippen molar-refractivity contribution in [3.8, 4) is 0 Å². The average molecular weight is 559 g/mol. The molecular formula is C32H38N4O5. The quantitative estimate of drug-likeness (QED) is 0.332. The van der Waals surface area contributed by atoms with Gasteiger partial charge in [0.2, 0.25) is 11.7 Å². The average Bonchev–Trinajstić information content (AvgIpc) is 3.84. The van der Waals surface area contributed by atoms with Gasteiger partial charge >= 0.3 is 6.03 Å². The number of fused-ring (bicyclic) bond motifs is 3. The van der Waals surface area contributed by atoms with Crippen molar-refractivity contribution >= 4 is 35.1 Å². The number of urea groups is 1. The van der Waals surface area contributed by atoms with Crippen LogP contribution in [0.2, 0.25) is 0 Å². The molecule has 3 aliphatic rings. The number of hydrogen-bond donors (Lipinski definition) is 4. The number of carbonyl (C=O) groups excluding carboxylic acids is 5. The molecule has 3 unspecified atom stereocenters. The van der Waals surface area contributed by atoms with Crippen molar-refractivity contribution in [1.82, 2.24) is 16.0 Å². The van der Waals surface area contributed by atoms with E-state index >= 15 is 0 Å². The van der Waals surface area contributed by atoms with Crippen molar-refractivity contribution in [1.29, 1.82) is 0 Å². The van der Waals surface area contributed by atoms with Gasteiger partial charge in [-0.15, -0.1) is 0 Å². The molecule has 0 aliphatic heterocycles. The Labute approximate surface area is 240 Å². The fourth-order valence-corrected chi connectivity index (χ4v) is 6.17. The number of ketones is 2. The molecule has 0 radical (unpaired) electrons. The lowest BCUT2D eigenvalue weighted by Crippen LogP contribution is -2.62. The normalized spacial score (nSPS) is 21.4. The zero-order valence-electron chi connectivity index (χ0n) is 24.0. The van der Waals surface area contributed by atoms with Crippen LogP contribution in [0.15, 0.2) is 54.6 Å². The Kier molecular flexibility index (Phi) is 7.48. The number of benzene rings is 2. The molecule has 0 bridgehead atoms. The maximum atomic E-state index is 14.1. The summed E-state index contributed by atoms with van der Waals surface area (Å²) in [4.78, 5) is 66.2. The number of para-hydroxylation sites is 1. The van der Waals surface area contributed by atoms with E-state index in [-0.39, 0.29) is 18.2 Å². The number of nitrogens with one attached hydrogen (secondary N) is 4. The van der Waals surface area contributed by atoms with Gasteiger partial charge in [-0.1, -0.05) is 70.2 Å². The van der Waals surface area contributed by atoms with E-state index in [0.717, 1.165) is 24.0 Å². The first kappa shape index (κ1) is 28.5. The third kappa shape index (κ3) is 5.49. The predicted octanol–water partition coefficient (Wildman–Crippen LogP) is 3.47. The molecule has 4 atom stereocenters. The van der Waals surface area contributed by atoms with Gasteiger partial charge in [0.25, 0.3) is 5.91 Å². The summed E-state index contributed by atoms with van der Waals surface area (Å²) in [5.41, 5.74) is 1.45. The molecule has 5 rings (SSSR count). The number of Topliss-reactive ketones (excluding diaryl/α,β-unsaturated/α-hetero) is 2. The monoisotopic (exact) mass is 558 g/mol. The summed E-state index contributed by atoms with van der Waals surface area (Å²) < 4.78 is 0. The highest BCUT2D eigenvalue weighted by atomic mass is 16.2. The van der Waals surface area contributed by atoms with E-state index in [9.17, 15) is 24.0 Å². The predicted molar refractivity (Wildman–Crippen MR) is 154 cm³/mol. The molecule has 3 aliphatic carbocycles. The Morgan fingerprint density at radius 1 is 0.902 bits per heavy atom. The zero-order chi connectivity index (χ0) is 29.5. The van der Waals surface area contributed by atoms with E-state index in [1.165, 1.54) is 0 Å². The van der Waals surface area contributed by atoms with Crippen LogP contribution in [0.25, 0.3) is 0 Å². The summed E-state index contributed by atoms with van der Waals surface area (Å²) in [6.07, 6.45) is 2.40. The van der Waals surface area contributed by atoms with Gasteiger partial charge in [0, 0.05) is 23.1 Å². The molecule has 4 amide bonds. The Morgan fingerprint density at radius 2 is 1.51 bits per heavy atom. The SMILES string of the molecule is CCC(NC(=O)C1C(C(=O)[C@@H](NC(=O)Nc2ccccc2)C(C)(C)C)CC12c1ccccc12)C(=O)C(=O)NC1CC1. The standard InChI is InChI=1S/C32H38N4O5/c1-5-23(26(38)29(40)33-19-15-16-19)35-28(39)24-20(17-32(24)21-13-9-10-14-22(21)32)25(37)27(31(2,3)4)36-30(41)34-18-11-7-6-8-12-18/h6-14,19-20,23-24,27H,5,15-17H2,1-4H3,(H,33,40)(H,35,39)(H2,34,36,41)/t20?,23?,24?,27-/m1/s1. The molecule has 0 heterocycles. The van der Waals surface area contributed by atoms with Crippen LogP contribution < -0.4 is 21.3 Å². The minimum atomic E-state index is -0.982. The smallest absolute Gasteiger partial charge is 0.319 e. The highest BCUT2D eigenvalue weighted by molar-refractivity contribution is 6.38. The Hall–Kier alpha value is -4.01. The van der Waals surface area contributed by atoms with E-state index < -0.39 is 58.4 Å². The summed E-state index contributed by atoms with van der Waals surface area (Å²) in [7, 11) is 0. The van der Waals surface area contributed by atoms with E-state index in [1.807, 2.05) is 51.1 Å². The van der Waals surface area contributed by atoms with E-state index in [4.69, 9.17) is 0 Å². The summed E-state index contributed by atoms with van der Waals surface area (Å²) >= 11 is 0. The Bertz CT molecular complexity index is 1350. The molecule has 41 heavy (non-hydrogen) atoms. The van der Waals surface area contributed by atoms with Crippen molar-refractivity contribution in [3.05, 3.63) is 65.7 Å². The number of carbonyl (C=O) groups is 5. The van der Waals surface area contributed by atoms with Crippen LogP contribution in [-0.4, -0.2) is 47.5 Å². The van der Waals surface area contributed by atoms with Gasteiger partial charge in [0.05, 0.1) is 18.0 Å². The van der Waals surface area contributed by atoms with Crippen molar-refractivity contribution in [2.24, 2.45) is 17.3 Å². The van der Waals surface area contributed by atoms with Crippen LogP contribution in [0.1, 0.15) is 64.5 Å².